The van der Waals surface area contributed by atoms with Crippen molar-refractivity contribution in [3.8, 4) is 11.5 Å². The van der Waals surface area contributed by atoms with E-state index in [4.69, 9.17) is 9.47 Å². The third-order valence-corrected chi connectivity index (χ3v) is 2.74. The highest BCUT2D eigenvalue weighted by Gasteiger charge is 2.10. The van der Waals surface area contributed by atoms with Gasteiger partial charge < -0.3 is 20.1 Å². The molecule has 2 N–H and O–H groups in total. The van der Waals surface area contributed by atoms with E-state index in [0.29, 0.717) is 23.6 Å². The number of hydrogen-bond donors (Lipinski definition) is 2. The van der Waals surface area contributed by atoms with Crippen LogP contribution in [0.25, 0.3) is 0 Å². The van der Waals surface area contributed by atoms with Crippen molar-refractivity contribution in [2.24, 2.45) is 0 Å². The number of carbonyl (C=O) groups excluding carboxylic acids is 1. The Morgan fingerprint density at radius 2 is 1.75 bits per heavy atom. The minimum absolute atomic E-state index is 0. The Labute approximate surface area is 126 Å². The Morgan fingerprint density at radius 1 is 1.20 bits per heavy atom. The van der Waals surface area contributed by atoms with E-state index in [9.17, 15) is 4.79 Å². The van der Waals surface area contributed by atoms with Crippen LogP contribution in [0.4, 0.5) is 0 Å². The van der Waals surface area contributed by atoms with E-state index < -0.39 is 0 Å². The zero-order valence-electron chi connectivity index (χ0n) is 12.4. The Balaban J connectivity index is 0.00000361. The summed E-state index contributed by atoms with van der Waals surface area (Å²) in [6.07, 6.45) is 0. The molecular formula is C14H23ClN2O3. The van der Waals surface area contributed by atoms with Gasteiger partial charge in [-0.2, -0.15) is 0 Å². The number of methoxy groups -OCH3 is 2. The van der Waals surface area contributed by atoms with E-state index in [1.165, 1.54) is 0 Å². The van der Waals surface area contributed by atoms with Crippen LogP contribution >= 0.6 is 12.4 Å². The SMILES string of the molecule is CCN[C@H](C)CNC(=O)c1cc(OC)cc(OC)c1.Cl. The van der Waals surface area contributed by atoms with Gasteiger partial charge in [0.1, 0.15) is 11.5 Å². The van der Waals surface area contributed by atoms with Crippen LogP contribution < -0.4 is 20.1 Å². The quantitative estimate of drug-likeness (QED) is 0.807. The monoisotopic (exact) mass is 302 g/mol. The average molecular weight is 303 g/mol. The van der Waals surface area contributed by atoms with E-state index >= 15 is 0 Å². The van der Waals surface area contributed by atoms with E-state index in [0.717, 1.165) is 6.54 Å². The molecule has 0 spiro atoms. The minimum Gasteiger partial charge on any atom is -0.497 e. The maximum atomic E-state index is 12.0. The average Bonchev–Trinajstić information content (AvgIpc) is 2.44. The van der Waals surface area contributed by atoms with Gasteiger partial charge >= 0.3 is 0 Å². The normalized spacial score (nSPS) is 11.2. The number of benzene rings is 1. The lowest BCUT2D eigenvalue weighted by Gasteiger charge is -2.14. The molecule has 1 aromatic carbocycles. The van der Waals surface area contributed by atoms with Crippen molar-refractivity contribution >= 4 is 18.3 Å². The molecule has 0 unspecified atom stereocenters. The Kier molecular flexibility index (Phi) is 8.76. The number of rotatable bonds is 7. The molecule has 114 valence electrons. The standard InChI is InChI=1S/C14H22N2O3.ClH/c1-5-15-10(2)9-16-14(17)11-6-12(18-3)8-13(7-11)19-4;/h6-8,10,15H,5,9H2,1-4H3,(H,16,17);1H/t10-;/m1./s1. The highest BCUT2D eigenvalue weighted by molar-refractivity contribution is 5.95. The second-order valence-corrected chi connectivity index (χ2v) is 4.27. The third kappa shape index (κ3) is 5.67. The first kappa shape index (κ1) is 18.5. The smallest absolute Gasteiger partial charge is 0.251 e. The summed E-state index contributed by atoms with van der Waals surface area (Å²) in [5, 5.41) is 6.11. The Morgan fingerprint density at radius 3 is 2.20 bits per heavy atom. The first-order valence-electron chi connectivity index (χ1n) is 6.35. The first-order valence-corrected chi connectivity index (χ1v) is 6.35. The number of halogens is 1. The zero-order chi connectivity index (χ0) is 14.3. The van der Waals surface area contributed by atoms with E-state index in [1.54, 1.807) is 32.4 Å². The van der Waals surface area contributed by atoms with Gasteiger partial charge in [-0.25, -0.2) is 0 Å². The molecule has 1 aromatic rings. The van der Waals surface area contributed by atoms with Crippen molar-refractivity contribution in [1.82, 2.24) is 10.6 Å². The molecule has 0 aliphatic heterocycles. The molecule has 5 nitrogen and oxygen atoms in total. The van der Waals surface area contributed by atoms with Gasteiger partial charge in [0.2, 0.25) is 0 Å². The minimum atomic E-state index is -0.137. The van der Waals surface area contributed by atoms with Gasteiger partial charge in [-0.1, -0.05) is 6.92 Å². The molecule has 1 atom stereocenters. The second kappa shape index (κ2) is 9.44. The molecule has 1 amide bonds. The number of hydrogen-bond acceptors (Lipinski definition) is 4. The lowest BCUT2D eigenvalue weighted by atomic mass is 10.2. The molecule has 0 aliphatic carbocycles. The van der Waals surface area contributed by atoms with Gasteiger partial charge in [0.05, 0.1) is 14.2 Å². The van der Waals surface area contributed by atoms with E-state index in [-0.39, 0.29) is 24.4 Å². The number of ether oxygens (including phenoxy) is 2. The van der Waals surface area contributed by atoms with Gasteiger partial charge in [0.25, 0.3) is 5.91 Å². The van der Waals surface area contributed by atoms with Crippen molar-refractivity contribution in [3.63, 3.8) is 0 Å². The molecule has 0 radical (unpaired) electrons. The Hall–Kier alpha value is -1.46. The van der Waals surface area contributed by atoms with Crippen LogP contribution in [0, 0.1) is 0 Å². The van der Waals surface area contributed by atoms with Gasteiger partial charge in [-0.15, -0.1) is 12.4 Å². The molecule has 0 aromatic heterocycles. The fraction of sp³-hybridized carbons (Fsp3) is 0.500. The van der Waals surface area contributed by atoms with Gasteiger partial charge in [0.15, 0.2) is 0 Å². The van der Waals surface area contributed by atoms with Crippen LogP contribution in [-0.2, 0) is 0 Å². The number of carbonyl (C=O) groups is 1. The fourth-order valence-corrected chi connectivity index (χ4v) is 1.71. The molecule has 0 saturated carbocycles. The summed E-state index contributed by atoms with van der Waals surface area (Å²) in [6, 6.07) is 5.35. The molecular weight excluding hydrogens is 280 g/mol. The summed E-state index contributed by atoms with van der Waals surface area (Å²) >= 11 is 0. The molecule has 1 rings (SSSR count). The number of amides is 1. The van der Waals surface area contributed by atoms with Gasteiger partial charge in [0, 0.05) is 24.2 Å². The van der Waals surface area contributed by atoms with Crippen LogP contribution in [0.1, 0.15) is 24.2 Å². The van der Waals surface area contributed by atoms with Crippen LogP contribution in [-0.4, -0.2) is 39.3 Å². The summed E-state index contributed by atoms with van der Waals surface area (Å²) < 4.78 is 10.3. The van der Waals surface area contributed by atoms with Crippen LogP contribution in [0.15, 0.2) is 18.2 Å². The Bertz CT molecular complexity index is 405. The molecule has 0 fully saturated rings. The van der Waals surface area contributed by atoms with Crippen LogP contribution in [0.2, 0.25) is 0 Å². The third-order valence-electron chi connectivity index (χ3n) is 2.74. The molecule has 20 heavy (non-hydrogen) atoms. The zero-order valence-corrected chi connectivity index (χ0v) is 13.2. The summed E-state index contributed by atoms with van der Waals surface area (Å²) in [4.78, 5) is 12.0. The summed E-state index contributed by atoms with van der Waals surface area (Å²) in [7, 11) is 3.12. The van der Waals surface area contributed by atoms with Crippen molar-refractivity contribution in [1.29, 1.82) is 0 Å². The summed E-state index contributed by atoms with van der Waals surface area (Å²) in [5.74, 6) is 1.07. The van der Waals surface area contributed by atoms with Gasteiger partial charge in [-0.05, 0) is 25.6 Å². The van der Waals surface area contributed by atoms with Crippen LogP contribution in [0.5, 0.6) is 11.5 Å². The van der Waals surface area contributed by atoms with Crippen molar-refractivity contribution in [2.75, 3.05) is 27.3 Å². The fourth-order valence-electron chi connectivity index (χ4n) is 1.71. The van der Waals surface area contributed by atoms with Crippen molar-refractivity contribution < 1.29 is 14.3 Å². The van der Waals surface area contributed by atoms with Crippen molar-refractivity contribution in [3.05, 3.63) is 23.8 Å². The first-order chi connectivity index (χ1) is 9.10. The second-order valence-electron chi connectivity index (χ2n) is 4.27. The van der Waals surface area contributed by atoms with Crippen LogP contribution in [0.3, 0.4) is 0 Å². The maximum Gasteiger partial charge on any atom is 0.251 e. The molecule has 0 aliphatic rings. The largest absolute Gasteiger partial charge is 0.497 e. The number of likely N-dealkylation sites (N-methyl/N-ethyl adjacent to an activating group) is 1. The molecule has 0 bridgehead atoms. The number of nitrogens with one attached hydrogen (secondary N) is 2. The maximum absolute atomic E-state index is 12.0. The lowest BCUT2D eigenvalue weighted by Crippen LogP contribution is -2.38. The summed E-state index contributed by atoms with van der Waals surface area (Å²) in [5.41, 5.74) is 0.528. The summed E-state index contributed by atoms with van der Waals surface area (Å²) in [6.45, 7) is 5.51. The molecule has 0 saturated heterocycles. The van der Waals surface area contributed by atoms with E-state index in [1.807, 2.05) is 13.8 Å². The highest BCUT2D eigenvalue weighted by atomic mass is 35.5. The molecule has 0 heterocycles. The predicted octanol–water partition coefficient (Wildman–Crippen LogP) is 1.85. The van der Waals surface area contributed by atoms with Crippen molar-refractivity contribution in [2.45, 2.75) is 19.9 Å². The highest BCUT2D eigenvalue weighted by Crippen LogP contribution is 2.22. The molecule has 6 heteroatoms. The predicted molar refractivity (Wildman–Crippen MR) is 82.3 cm³/mol. The topological polar surface area (TPSA) is 59.6 Å². The van der Waals surface area contributed by atoms with Gasteiger partial charge in [-0.3, -0.25) is 4.79 Å². The lowest BCUT2D eigenvalue weighted by molar-refractivity contribution is 0.0949. The van der Waals surface area contributed by atoms with E-state index in [2.05, 4.69) is 10.6 Å².